The number of nitrogens with one attached hydrogen (secondary N) is 1. The smallest absolute Gasteiger partial charge is 0.332 e. The normalized spacial score (nSPS) is 12.5. The first-order valence-electron chi connectivity index (χ1n) is 11.7. The number of fused-ring (bicyclic) bond motifs is 1. The Bertz CT molecular complexity index is 1630. The highest BCUT2D eigenvalue weighted by molar-refractivity contribution is 5.99. The second-order valence-electron chi connectivity index (χ2n) is 8.81. The summed E-state index contributed by atoms with van der Waals surface area (Å²) in [6.45, 7) is 3.51. The zero-order valence-corrected chi connectivity index (χ0v) is 21.3. The van der Waals surface area contributed by atoms with Crippen molar-refractivity contribution in [3.8, 4) is 5.75 Å². The number of aryl methyl sites for hydroxylation is 2. The van der Waals surface area contributed by atoms with Gasteiger partial charge in [0.25, 0.3) is 11.2 Å². The van der Waals surface area contributed by atoms with Crippen LogP contribution in [0.25, 0.3) is 11.2 Å². The molecule has 0 spiro atoms. The average Bonchev–Trinajstić information content (AvgIpc) is 3.27. The van der Waals surface area contributed by atoms with Crippen molar-refractivity contribution < 1.29 is 14.8 Å². The summed E-state index contributed by atoms with van der Waals surface area (Å²) in [5.41, 5.74) is 4.05. The summed E-state index contributed by atoms with van der Waals surface area (Å²) in [6.07, 6.45) is -1.03. The predicted octanol–water partition coefficient (Wildman–Crippen LogP) is 1.93. The number of aliphatic hydroxyl groups excluding tert-OH is 1. The largest absolute Gasteiger partial charge is 0.491 e. The molecule has 38 heavy (non-hydrogen) atoms. The number of hydrogen-bond acceptors (Lipinski definition) is 9. The van der Waals surface area contributed by atoms with Crippen LogP contribution in [0.4, 0.5) is 11.6 Å². The molecule has 4 aromatic rings. The number of benzene rings is 2. The minimum absolute atomic E-state index is 0.0464. The minimum atomic E-state index is -1.03. The van der Waals surface area contributed by atoms with Crippen LogP contribution in [0.3, 0.4) is 0 Å². The van der Waals surface area contributed by atoms with E-state index in [9.17, 15) is 24.8 Å². The maximum atomic E-state index is 13.0. The minimum Gasteiger partial charge on any atom is -0.491 e. The van der Waals surface area contributed by atoms with Gasteiger partial charge in [-0.25, -0.2) is 10.2 Å². The van der Waals surface area contributed by atoms with Crippen LogP contribution >= 0.6 is 0 Å². The molecular formula is C25H27N7O6. The van der Waals surface area contributed by atoms with Crippen molar-refractivity contribution in [2.45, 2.75) is 26.5 Å². The number of hydrogen-bond donors (Lipinski definition) is 2. The van der Waals surface area contributed by atoms with Gasteiger partial charge in [0.15, 0.2) is 11.2 Å². The maximum absolute atomic E-state index is 13.0. The summed E-state index contributed by atoms with van der Waals surface area (Å²) in [5.74, 6) is 0.707. The molecule has 13 heteroatoms. The third-order valence-electron chi connectivity index (χ3n) is 6.02. The Morgan fingerprint density at radius 2 is 1.79 bits per heavy atom. The molecule has 0 fully saturated rings. The lowest BCUT2D eigenvalue weighted by atomic mass is 10.1. The fraction of sp³-hybridized carbons (Fsp3) is 0.280. The number of rotatable bonds is 9. The molecule has 2 aromatic heterocycles. The molecule has 1 unspecified atom stereocenters. The van der Waals surface area contributed by atoms with Crippen molar-refractivity contribution in [2.24, 2.45) is 19.2 Å². The van der Waals surface area contributed by atoms with E-state index in [1.807, 2.05) is 19.1 Å². The first-order valence-corrected chi connectivity index (χ1v) is 11.7. The quantitative estimate of drug-likeness (QED) is 0.192. The summed E-state index contributed by atoms with van der Waals surface area (Å²) in [5, 5.41) is 26.0. The molecule has 2 heterocycles. The van der Waals surface area contributed by atoms with Crippen LogP contribution < -0.4 is 21.4 Å². The van der Waals surface area contributed by atoms with Crippen molar-refractivity contribution in [2.75, 3.05) is 12.0 Å². The zero-order chi connectivity index (χ0) is 27.6. The van der Waals surface area contributed by atoms with Crippen LogP contribution in [0, 0.1) is 17.0 Å². The molecule has 0 aliphatic heterocycles. The van der Waals surface area contributed by atoms with E-state index in [1.54, 1.807) is 31.2 Å². The first-order chi connectivity index (χ1) is 18.1. The molecule has 2 N–H and O–H groups in total. The Morgan fingerprint density at radius 1 is 1.13 bits per heavy atom. The Morgan fingerprint density at radius 3 is 2.42 bits per heavy atom. The number of aliphatic hydroxyl groups is 1. The van der Waals surface area contributed by atoms with E-state index < -0.39 is 22.3 Å². The summed E-state index contributed by atoms with van der Waals surface area (Å²) >= 11 is 0. The van der Waals surface area contributed by atoms with E-state index in [0.29, 0.717) is 17.0 Å². The van der Waals surface area contributed by atoms with E-state index in [1.165, 1.54) is 35.4 Å². The number of nitro groups is 1. The number of nitro benzene ring substituents is 1. The van der Waals surface area contributed by atoms with Gasteiger partial charge in [-0.3, -0.25) is 24.0 Å². The summed E-state index contributed by atoms with van der Waals surface area (Å²) in [4.78, 5) is 40.3. The van der Waals surface area contributed by atoms with E-state index in [2.05, 4.69) is 15.5 Å². The highest BCUT2D eigenvalue weighted by atomic mass is 16.6. The van der Waals surface area contributed by atoms with Crippen LogP contribution in [-0.2, 0) is 20.6 Å². The molecule has 0 bridgehead atoms. The third-order valence-corrected chi connectivity index (χ3v) is 6.02. The molecule has 0 aliphatic rings. The van der Waals surface area contributed by atoms with Crippen LogP contribution in [0.15, 0.2) is 63.2 Å². The molecule has 0 radical (unpaired) electrons. The van der Waals surface area contributed by atoms with Crippen LogP contribution in [0.2, 0.25) is 0 Å². The molecule has 0 saturated heterocycles. The number of aromatic nitrogens is 4. The highest BCUT2D eigenvalue weighted by Gasteiger charge is 2.21. The van der Waals surface area contributed by atoms with Crippen molar-refractivity contribution in [3.63, 3.8) is 0 Å². The first kappa shape index (κ1) is 26.3. The van der Waals surface area contributed by atoms with Crippen LogP contribution in [0.5, 0.6) is 5.75 Å². The van der Waals surface area contributed by atoms with E-state index in [0.717, 1.165) is 10.1 Å². The lowest BCUT2D eigenvalue weighted by Gasteiger charge is -2.15. The van der Waals surface area contributed by atoms with Crippen LogP contribution in [0.1, 0.15) is 18.1 Å². The van der Waals surface area contributed by atoms with Crippen molar-refractivity contribution in [1.29, 1.82) is 0 Å². The fourth-order valence-electron chi connectivity index (χ4n) is 3.82. The standard InChI is InChI=1S/C25H27N7O6/c1-15-5-11-20(12-6-15)38-14-19(33)13-31-21-22(29(3)25(35)30(4)23(21)34)26-24(31)28-27-16(2)17-7-9-18(10-8-17)32(36)37/h5-12,19,33H,13-14H2,1-4H3,(H,26,28). The molecular weight excluding hydrogens is 494 g/mol. The number of nitrogens with zero attached hydrogens (tertiary/aromatic N) is 6. The van der Waals surface area contributed by atoms with Gasteiger partial charge in [-0.15, -0.1) is 0 Å². The van der Waals surface area contributed by atoms with Gasteiger partial charge >= 0.3 is 5.69 Å². The molecule has 4 rings (SSSR count). The lowest BCUT2D eigenvalue weighted by Crippen LogP contribution is -2.38. The molecule has 0 saturated carbocycles. The van der Waals surface area contributed by atoms with E-state index in [-0.39, 0.29) is 36.0 Å². The van der Waals surface area contributed by atoms with E-state index in [4.69, 9.17) is 4.74 Å². The predicted molar refractivity (Wildman–Crippen MR) is 142 cm³/mol. The number of hydrazone groups is 1. The molecule has 0 aliphatic carbocycles. The monoisotopic (exact) mass is 521 g/mol. The Hall–Kier alpha value is -4.78. The number of imidazole rings is 1. The molecule has 1 atom stereocenters. The van der Waals surface area contributed by atoms with Gasteiger partial charge in [0.05, 0.1) is 17.2 Å². The third kappa shape index (κ3) is 5.32. The van der Waals surface area contributed by atoms with Gasteiger partial charge in [-0.2, -0.15) is 10.1 Å². The van der Waals surface area contributed by atoms with Crippen molar-refractivity contribution >= 4 is 28.5 Å². The Balaban J connectivity index is 1.66. The van der Waals surface area contributed by atoms with Gasteiger partial charge in [-0.05, 0) is 43.7 Å². The molecule has 0 amide bonds. The van der Waals surface area contributed by atoms with Gasteiger partial charge in [0.2, 0.25) is 5.95 Å². The Labute approximate surface area is 216 Å². The zero-order valence-electron chi connectivity index (χ0n) is 21.3. The number of non-ortho nitro benzene ring substituents is 1. The van der Waals surface area contributed by atoms with Gasteiger partial charge in [0.1, 0.15) is 18.5 Å². The fourth-order valence-corrected chi connectivity index (χ4v) is 3.82. The second kappa shape index (κ2) is 10.7. The highest BCUT2D eigenvalue weighted by Crippen LogP contribution is 2.18. The molecule has 198 valence electrons. The topological polar surface area (TPSA) is 159 Å². The molecule has 13 nitrogen and oxygen atoms in total. The molecule has 2 aromatic carbocycles. The average molecular weight is 522 g/mol. The number of ether oxygens (including phenoxy) is 1. The number of anilines is 1. The Kier molecular flexibility index (Phi) is 7.39. The maximum Gasteiger partial charge on any atom is 0.332 e. The van der Waals surface area contributed by atoms with Crippen molar-refractivity contribution in [1.82, 2.24) is 18.7 Å². The van der Waals surface area contributed by atoms with Crippen molar-refractivity contribution in [3.05, 3.63) is 90.6 Å². The van der Waals surface area contributed by atoms with Crippen LogP contribution in [-0.4, -0.2) is 47.1 Å². The summed E-state index contributed by atoms with van der Waals surface area (Å²) < 4.78 is 9.34. The second-order valence-corrected chi connectivity index (χ2v) is 8.81. The van der Waals surface area contributed by atoms with Gasteiger partial charge < -0.3 is 14.4 Å². The SMILES string of the molecule is CC(=NNc1nc2c(c(=O)n(C)c(=O)n2C)n1CC(O)COc1ccc(C)cc1)c1ccc([N+](=O)[O-])cc1. The lowest BCUT2D eigenvalue weighted by molar-refractivity contribution is -0.384. The van der Waals surface area contributed by atoms with Gasteiger partial charge in [-0.1, -0.05) is 17.7 Å². The summed E-state index contributed by atoms with van der Waals surface area (Å²) in [6, 6.07) is 13.2. The summed E-state index contributed by atoms with van der Waals surface area (Å²) in [7, 11) is 2.86. The van der Waals surface area contributed by atoms with Gasteiger partial charge in [0, 0.05) is 26.2 Å². The van der Waals surface area contributed by atoms with E-state index >= 15 is 0 Å².